The molecule has 146 valence electrons. The van der Waals surface area contributed by atoms with Crippen molar-refractivity contribution in [2.24, 2.45) is 0 Å². The first-order valence-corrected chi connectivity index (χ1v) is 10.4. The molecule has 8 heteroatoms. The van der Waals surface area contributed by atoms with Gasteiger partial charge in [0, 0.05) is 10.9 Å². The molecule has 0 aliphatic heterocycles. The van der Waals surface area contributed by atoms with E-state index in [9.17, 15) is 18.8 Å². The molecule has 2 aromatic carbocycles. The van der Waals surface area contributed by atoms with Gasteiger partial charge >= 0.3 is 5.30 Å². The number of rotatable bonds is 4. The van der Waals surface area contributed by atoms with Crippen molar-refractivity contribution in [3.63, 3.8) is 0 Å². The molecule has 0 amide bonds. The Bertz CT molecular complexity index is 1130. The summed E-state index contributed by atoms with van der Waals surface area (Å²) in [5.74, 6) is -1.45. The molecule has 0 N–H and O–H groups in total. The maximum absolute atomic E-state index is 14.1. The summed E-state index contributed by atoms with van der Waals surface area (Å²) in [6.07, 6.45) is 1.56. The van der Waals surface area contributed by atoms with Gasteiger partial charge in [-0.1, -0.05) is 30.3 Å². The number of hydrogen-bond donors (Lipinski definition) is 0. The van der Waals surface area contributed by atoms with Crippen LogP contribution in [0.2, 0.25) is 0 Å². The van der Waals surface area contributed by atoms with Crippen molar-refractivity contribution >= 4 is 39.7 Å². The third kappa shape index (κ3) is 4.36. The number of thiazole rings is 1. The van der Waals surface area contributed by atoms with Crippen LogP contribution in [0.3, 0.4) is 0 Å². The van der Waals surface area contributed by atoms with E-state index in [1.54, 1.807) is 18.4 Å². The van der Waals surface area contributed by atoms with Gasteiger partial charge in [0.1, 0.15) is 28.3 Å². The molecule has 0 unspecified atom stereocenters. The smallest absolute Gasteiger partial charge is 0.372 e. The van der Waals surface area contributed by atoms with Crippen LogP contribution in [0.4, 0.5) is 13.6 Å². The van der Waals surface area contributed by atoms with E-state index in [1.165, 1.54) is 11.4 Å². The highest BCUT2D eigenvalue weighted by Gasteiger charge is 2.22. The number of aromatic nitrogens is 1. The number of nitriles is 1. The van der Waals surface area contributed by atoms with Crippen molar-refractivity contribution in [2.45, 2.75) is 6.92 Å². The maximum atomic E-state index is 14.1. The molecule has 0 aliphatic carbocycles. The Hall–Kier alpha value is -3.02. The number of benzene rings is 2. The van der Waals surface area contributed by atoms with Gasteiger partial charge < -0.3 is 4.74 Å². The van der Waals surface area contributed by atoms with Gasteiger partial charge in [-0.05, 0) is 42.6 Å². The zero-order valence-electron chi connectivity index (χ0n) is 15.4. The number of thioether (sulfide) groups is 1. The second-order valence-electron chi connectivity index (χ2n) is 5.82. The van der Waals surface area contributed by atoms with E-state index in [1.807, 2.05) is 25.1 Å². The lowest BCUT2D eigenvalue weighted by Gasteiger charge is -2.12. The number of ether oxygens (including phenoxy) is 1. The van der Waals surface area contributed by atoms with Gasteiger partial charge in [-0.25, -0.2) is 18.6 Å². The Morgan fingerprint density at radius 1 is 1.17 bits per heavy atom. The van der Waals surface area contributed by atoms with Crippen molar-refractivity contribution in [2.75, 3.05) is 6.26 Å². The van der Waals surface area contributed by atoms with Crippen molar-refractivity contribution in [3.05, 3.63) is 75.6 Å². The first-order valence-electron chi connectivity index (χ1n) is 8.32. The van der Waals surface area contributed by atoms with Crippen LogP contribution < -0.4 is 0 Å². The van der Waals surface area contributed by atoms with E-state index >= 15 is 0 Å². The minimum absolute atomic E-state index is 0.00898. The fourth-order valence-corrected chi connectivity index (χ4v) is 3.60. The molecule has 3 aromatic rings. The van der Waals surface area contributed by atoms with Gasteiger partial charge in [0.15, 0.2) is 5.76 Å². The minimum atomic E-state index is -0.753. The standard InChI is InChI=1S/C21H14F2N2O2S2/c1-12-6-3-4-7-13(12)19(27-21(26)28-2)14(10-24)20-25-17(11-29-20)18-15(22)8-5-9-16(18)23/h3-9,11H,1-2H3/b19-14+. The molecule has 0 saturated carbocycles. The van der Waals surface area contributed by atoms with Crippen LogP contribution in [0, 0.1) is 29.9 Å². The van der Waals surface area contributed by atoms with Crippen molar-refractivity contribution in [1.82, 2.24) is 4.98 Å². The van der Waals surface area contributed by atoms with Crippen LogP contribution >= 0.6 is 23.1 Å². The summed E-state index contributed by atoms with van der Waals surface area (Å²) in [7, 11) is 0. The lowest BCUT2D eigenvalue weighted by Crippen LogP contribution is -2.02. The van der Waals surface area contributed by atoms with E-state index < -0.39 is 16.9 Å². The lowest BCUT2D eigenvalue weighted by molar-refractivity contribution is 0.220. The number of hydrogen-bond acceptors (Lipinski definition) is 6. The molecule has 0 fully saturated rings. The summed E-state index contributed by atoms with van der Waals surface area (Å²) in [6, 6.07) is 12.7. The van der Waals surface area contributed by atoms with E-state index in [0.29, 0.717) is 5.56 Å². The SMILES string of the molecule is CSC(=O)O/C(=C(\C#N)c1nc(-c2c(F)cccc2F)cs1)c1ccccc1C. The highest BCUT2D eigenvalue weighted by Crippen LogP contribution is 2.34. The minimum Gasteiger partial charge on any atom is -0.416 e. The molecule has 1 heterocycles. The number of carbonyl (C=O) groups is 1. The van der Waals surface area contributed by atoms with Crippen LogP contribution in [0.1, 0.15) is 16.1 Å². The maximum Gasteiger partial charge on any atom is 0.372 e. The highest BCUT2D eigenvalue weighted by atomic mass is 32.2. The average Bonchev–Trinajstić information content (AvgIpc) is 3.17. The molecule has 0 radical (unpaired) electrons. The highest BCUT2D eigenvalue weighted by molar-refractivity contribution is 8.12. The van der Waals surface area contributed by atoms with E-state index in [0.717, 1.165) is 40.8 Å². The molecule has 0 bridgehead atoms. The molecule has 0 atom stereocenters. The zero-order chi connectivity index (χ0) is 21.0. The molecule has 29 heavy (non-hydrogen) atoms. The van der Waals surface area contributed by atoms with Gasteiger partial charge in [-0.3, -0.25) is 0 Å². The molecule has 0 aliphatic rings. The number of carbonyl (C=O) groups excluding carboxylic acids is 1. The summed E-state index contributed by atoms with van der Waals surface area (Å²) in [4.78, 5) is 16.2. The van der Waals surface area contributed by atoms with Crippen LogP contribution in [0.15, 0.2) is 47.8 Å². The van der Waals surface area contributed by atoms with Crippen molar-refractivity contribution in [1.29, 1.82) is 5.26 Å². The quantitative estimate of drug-likeness (QED) is 0.278. The number of aryl methyl sites for hydroxylation is 1. The molecule has 4 nitrogen and oxygen atoms in total. The Kier molecular flexibility index (Phi) is 6.42. The summed E-state index contributed by atoms with van der Waals surface area (Å²) >= 11 is 1.90. The van der Waals surface area contributed by atoms with Crippen LogP contribution in [0.25, 0.3) is 22.6 Å². The topological polar surface area (TPSA) is 63.0 Å². The third-order valence-electron chi connectivity index (χ3n) is 4.02. The Morgan fingerprint density at radius 2 is 1.86 bits per heavy atom. The van der Waals surface area contributed by atoms with E-state index in [2.05, 4.69) is 4.98 Å². The summed E-state index contributed by atoms with van der Waals surface area (Å²) in [6.45, 7) is 1.82. The Labute approximate surface area is 174 Å². The van der Waals surface area contributed by atoms with E-state index in [-0.39, 0.29) is 27.6 Å². The number of halogens is 2. The normalized spacial score (nSPS) is 11.6. The van der Waals surface area contributed by atoms with Gasteiger partial charge in [0.2, 0.25) is 0 Å². The first-order chi connectivity index (χ1) is 14.0. The Balaban J connectivity index is 2.18. The molecule has 1 aromatic heterocycles. The molecular formula is C21H14F2N2O2S2. The van der Waals surface area contributed by atoms with Crippen molar-refractivity contribution in [3.8, 4) is 17.3 Å². The van der Waals surface area contributed by atoms with Gasteiger partial charge in [-0.15, -0.1) is 11.3 Å². The predicted octanol–water partition coefficient (Wildman–Crippen LogP) is 6.29. The van der Waals surface area contributed by atoms with Crippen LogP contribution in [-0.2, 0) is 4.74 Å². The van der Waals surface area contributed by atoms with Crippen LogP contribution in [-0.4, -0.2) is 16.5 Å². The van der Waals surface area contributed by atoms with Gasteiger partial charge in [0.25, 0.3) is 0 Å². The zero-order valence-corrected chi connectivity index (χ0v) is 17.0. The van der Waals surface area contributed by atoms with Gasteiger partial charge in [0.05, 0.1) is 11.3 Å². The predicted molar refractivity (Wildman–Crippen MR) is 111 cm³/mol. The largest absolute Gasteiger partial charge is 0.416 e. The monoisotopic (exact) mass is 428 g/mol. The Morgan fingerprint density at radius 3 is 2.48 bits per heavy atom. The fraction of sp³-hybridized carbons (Fsp3) is 0.0952. The fourth-order valence-electron chi connectivity index (χ4n) is 2.63. The number of nitrogens with zero attached hydrogens (tertiary/aromatic N) is 2. The number of allylic oxidation sites excluding steroid dienone is 1. The first kappa shape index (κ1) is 20.7. The lowest BCUT2D eigenvalue weighted by atomic mass is 10.0. The van der Waals surface area contributed by atoms with E-state index in [4.69, 9.17) is 4.74 Å². The second kappa shape index (κ2) is 8.99. The molecular weight excluding hydrogens is 414 g/mol. The summed E-state index contributed by atoms with van der Waals surface area (Å²) < 4.78 is 33.6. The second-order valence-corrected chi connectivity index (χ2v) is 7.42. The molecule has 0 spiro atoms. The molecule has 0 saturated heterocycles. The van der Waals surface area contributed by atoms with Crippen LogP contribution in [0.5, 0.6) is 0 Å². The van der Waals surface area contributed by atoms with Crippen molar-refractivity contribution < 1.29 is 18.3 Å². The summed E-state index contributed by atoms with van der Waals surface area (Å²) in [5, 5.41) is 10.8. The molecule has 3 rings (SSSR count). The summed E-state index contributed by atoms with van der Waals surface area (Å²) in [5.41, 5.74) is 1.15. The average molecular weight is 428 g/mol. The van der Waals surface area contributed by atoms with Gasteiger partial charge in [-0.2, -0.15) is 5.26 Å². The third-order valence-corrected chi connectivity index (χ3v) is 5.29.